The monoisotopic (exact) mass is 424 g/mol. The third-order valence-electron chi connectivity index (χ3n) is 4.18. The van der Waals surface area contributed by atoms with Gasteiger partial charge in [-0.2, -0.15) is 0 Å². The number of hydrogen-bond donors (Lipinski definition) is 3. The lowest BCUT2D eigenvalue weighted by Gasteiger charge is -2.29. The van der Waals surface area contributed by atoms with Crippen molar-refractivity contribution >= 4 is 35.8 Å². The van der Waals surface area contributed by atoms with Gasteiger partial charge in [0.25, 0.3) is 0 Å². The largest absolute Gasteiger partial charge is 0.359 e. The van der Waals surface area contributed by atoms with Crippen molar-refractivity contribution in [2.45, 2.75) is 59.4 Å². The Kier molecular flexibility index (Phi) is 10.0. The summed E-state index contributed by atoms with van der Waals surface area (Å²) in [6, 6.07) is 0.502. The van der Waals surface area contributed by atoms with Gasteiger partial charge < -0.3 is 16.0 Å². The highest BCUT2D eigenvalue weighted by Crippen LogP contribution is 2.23. The lowest BCUT2D eigenvalue weighted by atomic mass is 9.87. The summed E-state index contributed by atoms with van der Waals surface area (Å²) in [6.07, 6.45) is 4.95. The quantitative estimate of drug-likeness (QED) is 0.361. The van der Waals surface area contributed by atoms with Crippen LogP contribution >= 0.6 is 24.0 Å². The smallest absolute Gasteiger partial charge is 0.227 e. The summed E-state index contributed by atoms with van der Waals surface area (Å²) in [5, 5.41) is 9.49. The van der Waals surface area contributed by atoms with Crippen LogP contribution in [0.15, 0.2) is 4.99 Å². The zero-order chi connectivity index (χ0) is 15.9. The second kappa shape index (κ2) is 10.3. The molecule has 0 radical (unpaired) electrons. The van der Waals surface area contributed by atoms with Gasteiger partial charge in [-0.15, -0.1) is 24.0 Å². The van der Waals surface area contributed by atoms with E-state index < -0.39 is 5.41 Å². The highest BCUT2D eigenvalue weighted by Gasteiger charge is 2.26. The Morgan fingerprint density at radius 1 is 1.23 bits per heavy atom. The first-order chi connectivity index (χ1) is 9.89. The molecule has 1 rings (SSSR count). The number of guanidine groups is 1. The van der Waals surface area contributed by atoms with Crippen molar-refractivity contribution in [1.82, 2.24) is 16.0 Å². The highest BCUT2D eigenvalue weighted by atomic mass is 127. The Balaban J connectivity index is 0.00000441. The molecule has 22 heavy (non-hydrogen) atoms. The number of aliphatic imine (C=N–C) groups is 1. The maximum Gasteiger partial charge on any atom is 0.227 e. The number of amides is 1. The minimum Gasteiger partial charge on any atom is -0.359 e. The number of hydrogen-bond acceptors (Lipinski definition) is 2. The predicted octanol–water partition coefficient (Wildman–Crippen LogP) is 2.51. The molecule has 3 N–H and O–H groups in total. The van der Waals surface area contributed by atoms with Crippen LogP contribution in [0.25, 0.3) is 0 Å². The second-order valence-corrected chi connectivity index (χ2v) is 6.76. The van der Waals surface area contributed by atoms with Crippen LogP contribution in [0.4, 0.5) is 0 Å². The molecule has 0 aromatic heterocycles. The summed E-state index contributed by atoms with van der Waals surface area (Å²) in [4.78, 5) is 16.4. The summed E-state index contributed by atoms with van der Waals surface area (Å²) in [7, 11) is 1.67. The van der Waals surface area contributed by atoms with E-state index in [9.17, 15) is 4.79 Å². The second-order valence-electron chi connectivity index (χ2n) is 6.76. The molecule has 0 aromatic carbocycles. The fraction of sp³-hybridized carbons (Fsp3) is 0.875. The van der Waals surface area contributed by atoms with E-state index in [4.69, 9.17) is 0 Å². The van der Waals surface area contributed by atoms with Crippen LogP contribution in [0.5, 0.6) is 0 Å². The third kappa shape index (κ3) is 7.15. The minimum absolute atomic E-state index is 0. The minimum atomic E-state index is -0.488. The molecule has 1 aliphatic carbocycles. The van der Waals surface area contributed by atoms with Gasteiger partial charge in [-0.1, -0.05) is 6.92 Å². The van der Waals surface area contributed by atoms with Crippen molar-refractivity contribution in [1.29, 1.82) is 0 Å². The first-order valence-electron chi connectivity index (χ1n) is 8.16. The van der Waals surface area contributed by atoms with Crippen molar-refractivity contribution in [2.75, 3.05) is 20.1 Å². The molecule has 130 valence electrons. The molecule has 1 amide bonds. The molecule has 0 aliphatic heterocycles. The lowest BCUT2D eigenvalue weighted by molar-refractivity contribution is -0.128. The van der Waals surface area contributed by atoms with E-state index >= 15 is 0 Å². The Bertz CT molecular complexity index is 363. The van der Waals surface area contributed by atoms with E-state index in [0.29, 0.717) is 12.6 Å². The third-order valence-corrected chi connectivity index (χ3v) is 4.18. The maximum atomic E-state index is 11.8. The molecule has 0 bridgehead atoms. The van der Waals surface area contributed by atoms with Crippen molar-refractivity contribution < 1.29 is 4.79 Å². The van der Waals surface area contributed by atoms with Crippen molar-refractivity contribution in [3.63, 3.8) is 0 Å². The number of nitrogens with zero attached hydrogens (tertiary/aromatic N) is 1. The van der Waals surface area contributed by atoms with Crippen LogP contribution in [0, 0.1) is 11.3 Å². The van der Waals surface area contributed by atoms with Crippen LogP contribution in [-0.4, -0.2) is 38.0 Å². The topological polar surface area (TPSA) is 65.5 Å². The highest BCUT2D eigenvalue weighted by molar-refractivity contribution is 14.0. The lowest BCUT2D eigenvalue weighted by Crippen LogP contribution is -2.45. The van der Waals surface area contributed by atoms with Crippen LogP contribution in [0.2, 0.25) is 0 Å². The summed E-state index contributed by atoms with van der Waals surface area (Å²) in [6.45, 7) is 9.52. The van der Waals surface area contributed by atoms with Gasteiger partial charge in [0.05, 0.1) is 12.0 Å². The molecular weight excluding hydrogens is 391 g/mol. The summed E-state index contributed by atoms with van der Waals surface area (Å²) >= 11 is 0. The molecule has 0 spiro atoms. The van der Waals surface area contributed by atoms with Gasteiger partial charge in [0.2, 0.25) is 5.91 Å². The molecule has 0 aromatic rings. The van der Waals surface area contributed by atoms with Crippen molar-refractivity contribution in [3.8, 4) is 0 Å². The number of rotatable bonds is 5. The van der Waals surface area contributed by atoms with Gasteiger partial charge in [-0.25, -0.2) is 0 Å². The van der Waals surface area contributed by atoms with E-state index in [0.717, 1.165) is 18.4 Å². The van der Waals surface area contributed by atoms with Crippen LogP contribution in [-0.2, 0) is 4.79 Å². The van der Waals surface area contributed by atoms with E-state index in [1.165, 1.54) is 25.7 Å². The predicted molar refractivity (Wildman–Crippen MR) is 104 cm³/mol. The SMILES string of the molecule is CCNC(=NCC(C)(C)C(=O)NC)NC1CCC(C)CC1.I. The summed E-state index contributed by atoms with van der Waals surface area (Å²) in [5.74, 6) is 1.69. The fourth-order valence-electron chi connectivity index (χ4n) is 2.60. The van der Waals surface area contributed by atoms with E-state index in [-0.39, 0.29) is 29.9 Å². The van der Waals surface area contributed by atoms with Crippen LogP contribution in [0.3, 0.4) is 0 Å². The van der Waals surface area contributed by atoms with E-state index in [2.05, 4.69) is 34.8 Å². The molecule has 0 unspecified atom stereocenters. The van der Waals surface area contributed by atoms with Crippen LogP contribution < -0.4 is 16.0 Å². The molecule has 5 nitrogen and oxygen atoms in total. The van der Waals surface area contributed by atoms with E-state index in [1.54, 1.807) is 7.05 Å². The maximum absolute atomic E-state index is 11.8. The number of carbonyl (C=O) groups is 1. The molecule has 1 aliphatic rings. The first-order valence-corrected chi connectivity index (χ1v) is 8.16. The zero-order valence-electron chi connectivity index (χ0n) is 14.7. The van der Waals surface area contributed by atoms with Gasteiger partial charge in [-0.3, -0.25) is 9.79 Å². The number of nitrogens with one attached hydrogen (secondary N) is 3. The standard InChI is InChI=1S/C16H32N4O.HI/c1-6-18-15(19-11-16(3,4)14(21)17-5)20-13-9-7-12(2)8-10-13;/h12-13H,6-11H2,1-5H3,(H,17,21)(H2,18,19,20);1H. The molecule has 0 saturated heterocycles. The molecular formula is C16H33IN4O. The normalized spacial score (nSPS) is 22.5. The zero-order valence-corrected chi connectivity index (χ0v) is 17.0. The average molecular weight is 424 g/mol. The van der Waals surface area contributed by atoms with Gasteiger partial charge >= 0.3 is 0 Å². The van der Waals surface area contributed by atoms with E-state index in [1.807, 2.05) is 13.8 Å². The van der Waals surface area contributed by atoms with Gasteiger partial charge in [0.15, 0.2) is 5.96 Å². The van der Waals surface area contributed by atoms with Gasteiger partial charge in [-0.05, 0) is 52.4 Å². The number of halogens is 1. The number of carbonyl (C=O) groups excluding carboxylic acids is 1. The summed E-state index contributed by atoms with van der Waals surface area (Å²) < 4.78 is 0. The van der Waals surface area contributed by atoms with Gasteiger partial charge in [0, 0.05) is 19.6 Å². The first kappa shape index (κ1) is 21.5. The van der Waals surface area contributed by atoms with Crippen molar-refractivity contribution in [3.05, 3.63) is 0 Å². The summed E-state index contributed by atoms with van der Waals surface area (Å²) in [5.41, 5.74) is -0.488. The average Bonchev–Trinajstić information content (AvgIpc) is 2.46. The molecule has 1 saturated carbocycles. The van der Waals surface area contributed by atoms with Crippen LogP contribution in [0.1, 0.15) is 53.4 Å². The fourth-order valence-corrected chi connectivity index (χ4v) is 2.60. The Morgan fingerprint density at radius 3 is 2.32 bits per heavy atom. The molecule has 6 heteroatoms. The Labute approximate surface area is 152 Å². The van der Waals surface area contributed by atoms with Gasteiger partial charge in [0.1, 0.15) is 0 Å². The molecule has 0 atom stereocenters. The molecule has 1 fully saturated rings. The molecule has 0 heterocycles. The van der Waals surface area contributed by atoms with Crippen molar-refractivity contribution in [2.24, 2.45) is 16.3 Å². The Hall–Kier alpha value is -0.530. The Morgan fingerprint density at radius 2 is 1.82 bits per heavy atom.